The molecule has 3 heteroatoms. The second-order valence-electron chi connectivity index (χ2n) is 4.90. The van der Waals surface area contributed by atoms with Crippen molar-refractivity contribution in [3.63, 3.8) is 0 Å². The van der Waals surface area contributed by atoms with Gasteiger partial charge in [0.2, 0.25) is 5.88 Å². The third-order valence-corrected chi connectivity index (χ3v) is 3.51. The van der Waals surface area contributed by atoms with Gasteiger partial charge in [0.25, 0.3) is 0 Å². The molecule has 0 radical (unpaired) electrons. The number of hydrogen-bond acceptors (Lipinski definition) is 3. The molecule has 0 saturated heterocycles. The Labute approximate surface area is 107 Å². The molecule has 0 aliphatic heterocycles. The van der Waals surface area contributed by atoms with Crippen molar-refractivity contribution < 1.29 is 4.84 Å². The molecule has 0 atom stereocenters. The summed E-state index contributed by atoms with van der Waals surface area (Å²) in [4.78, 5) is 10.1. The number of benzene rings is 1. The number of fused-ring (bicyclic) bond motifs is 1. The summed E-state index contributed by atoms with van der Waals surface area (Å²) in [6, 6.07) is 12.5. The highest BCUT2D eigenvalue weighted by molar-refractivity contribution is 5.78. The van der Waals surface area contributed by atoms with Crippen LogP contribution in [0.2, 0.25) is 0 Å². The maximum atomic E-state index is 5.59. The Hall–Kier alpha value is -1.61. The fourth-order valence-corrected chi connectivity index (χ4v) is 2.47. The van der Waals surface area contributed by atoms with E-state index in [1.165, 1.54) is 32.1 Å². The van der Waals surface area contributed by atoms with E-state index in [2.05, 4.69) is 16.5 Å². The van der Waals surface area contributed by atoms with E-state index >= 15 is 0 Å². The maximum Gasteiger partial charge on any atom is 0.238 e. The van der Waals surface area contributed by atoms with Crippen molar-refractivity contribution in [2.24, 2.45) is 0 Å². The van der Waals surface area contributed by atoms with E-state index in [4.69, 9.17) is 4.84 Å². The molecule has 0 amide bonds. The maximum absolute atomic E-state index is 5.59. The van der Waals surface area contributed by atoms with Crippen LogP contribution in [0.4, 0.5) is 0 Å². The Balaban J connectivity index is 1.66. The second kappa shape index (κ2) is 5.36. The molecule has 0 bridgehead atoms. The van der Waals surface area contributed by atoms with E-state index in [1.54, 1.807) is 0 Å². The fourth-order valence-electron chi connectivity index (χ4n) is 2.47. The number of aromatic nitrogens is 1. The highest BCUT2D eigenvalue weighted by Gasteiger charge is 2.13. The summed E-state index contributed by atoms with van der Waals surface area (Å²) in [5, 5.41) is 1.14. The first-order chi connectivity index (χ1) is 8.92. The molecule has 94 valence electrons. The quantitative estimate of drug-likeness (QED) is 0.837. The van der Waals surface area contributed by atoms with Crippen LogP contribution in [0.15, 0.2) is 36.4 Å². The highest BCUT2D eigenvalue weighted by atomic mass is 16.7. The summed E-state index contributed by atoms with van der Waals surface area (Å²) in [5.74, 6) is 0.652. The van der Waals surface area contributed by atoms with Gasteiger partial charge in [-0.15, -0.1) is 0 Å². The zero-order valence-corrected chi connectivity index (χ0v) is 10.4. The first-order valence-electron chi connectivity index (χ1n) is 6.70. The summed E-state index contributed by atoms with van der Waals surface area (Å²) in [7, 11) is 0. The number of nitrogens with zero attached hydrogens (tertiary/aromatic N) is 1. The lowest BCUT2D eigenvalue weighted by Crippen LogP contribution is -2.33. The lowest BCUT2D eigenvalue weighted by atomic mass is 9.96. The Morgan fingerprint density at radius 2 is 1.83 bits per heavy atom. The van der Waals surface area contributed by atoms with Crippen molar-refractivity contribution in [2.75, 3.05) is 0 Å². The Bertz CT molecular complexity index is 521. The molecule has 18 heavy (non-hydrogen) atoms. The highest BCUT2D eigenvalue weighted by Crippen LogP contribution is 2.19. The minimum absolute atomic E-state index is 0.479. The van der Waals surface area contributed by atoms with Crippen molar-refractivity contribution in [3.05, 3.63) is 36.4 Å². The minimum Gasteiger partial charge on any atom is -0.388 e. The number of rotatable bonds is 3. The van der Waals surface area contributed by atoms with Crippen LogP contribution in [0.3, 0.4) is 0 Å². The van der Waals surface area contributed by atoms with Crippen LogP contribution in [0, 0.1) is 0 Å². The Morgan fingerprint density at radius 1 is 1.00 bits per heavy atom. The smallest absolute Gasteiger partial charge is 0.238 e. The van der Waals surface area contributed by atoms with E-state index in [0.29, 0.717) is 11.9 Å². The average Bonchev–Trinajstić information content (AvgIpc) is 2.46. The number of hydrogen-bond donors (Lipinski definition) is 1. The molecule has 1 aliphatic rings. The predicted octanol–water partition coefficient (Wildman–Crippen LogP) is 3.45. The Morgan fingerprint density at radius 3 is 2.72 bits per heavy atom. The lowest BCUT2D eigenvalue weighted by Gasteiger charge is -2.22. The number of nitrogens with one attached hydrogen (secondary N) is 1. The van der Waals surface area contributed by atoms with Gasteiger partial charge in [-0.05, 0) is 25.0 Å². The molecule has 1 fully saturated rings. The van der Waals surface area contributed by atoms with Gasteiger partial charge in [-0.25, -0.2) is 4.98 Å². The number of para-hydroxylation sites is 1. The van der Waals surface area contributed by atoms with E-state index < -0.39 is 0 Å². The molecule has 1 aromatic heterocycles. The molecule has 1 saturated carbocycles. The summed E-state index contributed by atoms with van der Waals surface area (Å²) < 4.78 is 0. The van der Waals surface area contributed by atoms with Gasteiger partial charge < -0.3 is 4.84 Å². The summed E-state index contributed by atoms with van der Waals surface area (Å²) >= 11 is 0. The van der Waals surface area contributed by atoms with Gasteiger partial charge in [-0.3, -0.25) is 0 Å². The summed E-state index contributed by atoms with van der Waals surface area (Å²) in [6.45, 7) is 0. The van der Waals surface area contributed by atoms with Crippen LogP contribution in [-0.4, -0.2) is 11.0 Å². The largest absolute Gasteiger partial charge is 0.388 e. The lowest BCUT2D eigenvalue weighted by molar-refractivity contribution is 0.127. The van der Waals surface area contributed by atoms with E-state index in [0.717, 1.165) is 10.9 Å². The molecule has 0 unspecified atom stereocenters. The standard InChI is InChI=1S/C15H18N2O/c1-2-7-13(8-3-1)17-18-15-11-10-12-6-4-5-9-14(12)16-15/h4-6,9-11,13,17H,1-3,7-8H2. The van der Waals surface area contributed by atoms with Crippen LogP contribution < -0.4 is 10.3 Å². The zero-order valence-electron chi connectivity index (χ0n) is 10.4. The molecule has 1 N–H and O–H groups in total. The van der Waals surface area contributed by atoms with Gasteiger partial charge in [0.1, 0.15) is 0 Å². The van der Waals surface area contributed by atoms with E-state index in [-0.39, 0.29) is 0 Å². The molecule has 1 aliphatic carbocycles. The molecular formula is C15H18N2O. The summed E-state index contributed by atoms with van der Waals surface area (Å²) in [6.07, 6.45) is 6.35. The molecule has 1 aromatic carbocycles. The van der Waals surface area contributed by atoms with Crippen molar-refractivity contribution in [3.8, 4) is 5.88 Å². The van der Waals surface area contributed by atoms with Crippen LogP contribution in [-0.2, 0) is 0 Å². The van der Waals surface area contributed by atoms with Crippen LogP contribution in [0.1, 0.15) is 32.1 Å². The molecule has 1 heterocycles. The van der Waals surface area contributed by atoms with Gasteiger partial charge in [-0.2, -0.15) is 5.48 Å². The first kappa shape index (κ1) is 11.5. The van der Waals surface area contributed by atoms with Crippen LogP contribution in [0.5, 0.6) is 5.88 Å². The molecular weight excluding hydrogens is 224 g/mol. The third-order valence-electron chi connectivity index (χ3n) is 3.51. The van der Waals surface area contributed by atoms with Gasteiger partial charge in [0.15, 0.2) is 0 Å². The van der Waals surface area contributed by atoms with Gasteiger partial charge in [-0.1, -0.05) is 37.5 Å². The van der Waals surface area contributed by atoms with Crippen molar-refractivity contribution in [2.45, 2.75) is 38.1 Å². The van der Waals surface area contributed by atoms with Crippen molar-refractivity contribution in [1.29, 1.82) is 0 Å². The Kier molecular flexibility index (Phi) is 3.42. The van der Waals surface area contributed by atoms with Crippen LogP contribution >= 0.6 is 0 Å². The van der Waals surface area contributed by atoms with Gasteiger partial charge in [0.05, 0.1) is 5.52 Å². The van der Waals surface area contributed by atoms with Gasteiger partial charge >= 0.3 is 0 Å². The average molecular weight is 242 g/mol. The number of hydroxylamine groups is 1. The second-order valence-corrected chi connectivity index (χ2v) is 4.90. The molecule has 2 aromatic rings. The van der Waals surface area contributed by atoms with E-state index in [9.17, 15) is 0 Å². The predicted molar refractivity (Wildman–Crippen MR) is 72.4 cm³/mol. The summed E-state index contributed by atoms with van der Waals surface area (Å²) in [5.41, 5.74) is 4.11. The van der Waals surface area contributed by atoms with Gasteiger partial charge in [0, 0.05) is 17.5 Å². The zero-order chi connectivity index (χ0) is 12.2. The van der Waals surface area contributed by atoms with Crippen LogP contribution in [0.25, 0.3) is 10.9 Å². The van der Waals surface area contributed by atoms with Crippen molar-refractivity contribution in [1.82, 2.24) is 10.5 Å². The fraction of sp³-hybridized carbons (Fsp3) is 0.400. The SMILES string of the molecule is c1ccc2nc(ONC3CCCCC3)ccc2c1. The molecule has 3 nitrogen and oxygen atoms in total. The third kappa shape index (κ3) is 2.62. The molecule has 0 spiro atoms. The van der Waals surface area contributed by atoms with Crippen molar-refractivity contribution >= 4 is 10.9 Å². The van der Waals surface area contributed by atoms with E-state index in [1.807, 2.05) is 30.3 Å². The number of pyridine rings is 1. The first-order valence-corrected chi connectivity index (χ1v) is 6.70. The normalized spacial score (nSPS) is 16.9. The minimum atomic E-state index is 0.479. The monoisotopic (exact) mass is 242 g/mol. The topological polar surface area (TPSA) is 34.1 Å². The molecule has 3 rings (SSSR count).